The lowest BCUT2D eigenvalue weighted by Crippen LogP contribution is -2.33. The smallest absolute Gasteiger partial charge is 0.287 e. The first-order valence-electron chi connectivity index (χ1n) is 8.45. The molecule has 0 fully saturated rings. The lowest BCUT2D eigenvalue weighted by Gasteiger charge is -2.13. The number of aromatic amines is 1. The van der Waals surface area contributed by atoms with E-state index in [2.05, 4.69) is 25.3 Å². The number of hydrogen-bond acceptors (Lipinski definition) is 5. The Balaban J connectivity index is 1.52. The molecule has 0 saturated carbocycles. The fourth-order valence-electron chi connectivity index (χ4n) is 2.74. The molecular weight excluding hydrogens is 335 g/mol. The van der Waals surface area contributed by atoms with Gasteiger partial charge in [-0.1, -0.05) is 6.07 Å². The maximum atomic E-state index is 13.2. The lowest BCUT2D eigenvalue weighted by molar-refractivity contribution is 0.0929. The summed E-state index contributed by atoms with van der Waals surface area (Å²) in [5.74, 6) is -0.132. The van der Waals surface area contributed by atoms with Crippen LogP contribution in [0.5, 0.6) is 0 Å². The minimum Gasteiger partial charge on any atom is -0.383 e. The normalized spacial score (nSPS) is 12.3. The second-order valence-corrected chi connectivity index (χ2v) is 6.42. The van der Waals surface area contributed by atoms with Crippen LogP contribution in [0.2, 0.25) is 0 Å². The summed E-state index contributed by atoms with van der Waals surface area (Å²) in [7, 11) is 0. The Labute approximate surface area is 150 Å². The van der Waals surface area contributed by atoms with E-state index in [1.807, 2.05) is 19.9 Å². The van der Waals surface area contributed by atoms with Gasteiger partial charge in [0.2, 0.25) is 0 Å². The number of pyridine rings is 2. The summed E-state index contributed by atoms with van der Waals surface area (Å²) in [6.07, 6.45) is 5.43. The van der Waals surface area contributed by atoms with Crippen LogP contribution in [0.25, 0.3) is 11.2 Å². The highest BCUT2D eigenvalue weighted by Crippen LogP contribution is 2.13. The standard InChI is InChI=1S/C18H21FN6O/c1-10-6-12(8-21-15(10)20)5-3-4-11(2)23-18(26)17-24-14-7-13(19)9-22-16(14)25-17/h6-9,11H,3-5H2,1-2H3,(H2,20,21)(H,23,26)(H,22,24,25)/t11-/m0/s1. The topological polar surface area (TPSA) is 110 Å². The fraction of sp³-hybridized carbons (Fsp3) is 0.333. The molecule has 0 aliphatic rings. The second kappa shape index (κ2) is 7.47. The van der Waals surface area contributed by atoms with Crippen LogP contribution < -0.4 is 11.1 Å². The van der Waals surface area contributed by atoms with Crippen molar-refractivity contribution in [1.29, 1.82) is 0 Å². The van der Waals surface area contributed by atoms with Gasteiger partial charge in [-0.15, -0.1) is 0 Å². The van der Waals surface area contributed by atoms with Crippen molar-refractivity contribution in [2.24, 2.45) is 0 Å². The largest absolute Gasteiger partial charge is 0.383 e. The second-order valence-electron chi connectivity index (χ2n) is 6.42. The molecule has 3 aromatic rings. The SMILES string of the molecule is Cc1cc(CCC[C@H](C)NC(=O)c2nc3ncc(F)cc3[nH]2)cnc1N. The zero-order valence-corrected chi connectivity index (χ0v) is 14.7. The average molecular weight is 356 g/mol. The van der Waals surface area contributed by atoms with Crippen molar-refractivity contribution in [1.82, 2.24) is 25.3 Å². The first kappa shape index (κ1) is 17.8. The maximum absolute atomic E-state index is 13.2. The number of aromatic nitrogens is 4. The van der Waals surface area contributed by atoms with E-state index >= 15 is 0 Å². The van der Waals surface area contributed by atoms with E-state index in [1.54, 1.807) is 6.20 Å². The van der Waals surface area contributed by atoms with E-state index in [1.165, 1.54) is 6.07 Å². The predicted molar refractivity (Wildman–Crippen MR) is 97.1 cm³/mol. The van der Waals surface area contributed by atoms with Crippen molar-refractivity contribution in [2.75, 3.05) is 5.73 Å². The Bertz CT molecular complexity index is 939. The Kier molecular flexibility index (Phi) is 5.11. The van der Waals surface area contributed by atoms with E-state index in [0.717, 1.165) is 36.6 Å². The molecule has 1 atom stereocenters. The van der Waals surface area contributed by atoms with Gasteiger partial charge in [0, 0.05) is 18.3 Å². The molecule has 0 aliphatic heterocycles. The number of amides is 1. The summed E-state index contributed by atoms with van der Waals surface area (Å²) in [4.78, 5) is 27.2. The number of imidazole rings is 1. The Hall–Kier alpha value is -3.03. The fourth-order valence-corrected chi connectivity index (χ4v) is 2.74. The number of carbonyl (C=O) groups is 1. The van der Waals surface area contributed by atoms with Crippen LogP contribution in [-0.2, 0) is 6.42 Å². The molecule has 26 heavy (non-hydrogen) atoms. The number of nitrogen functional groups attached to an aromatic ring is 1. The molecule has 1 amide bonds. The minimum atomic E-state index is -0.478. The molecule has 0 aromatic carbocycles. The van der Waals surface area contributed by atoms with Crippen LogP contribution in [0.15, 0.2) is 24.5 Å². The van der Waals surface area contributed by atoms with Gasteiger partial charge in [0.25, 0.3) is 5.91 Å². The summed E-state index contributed by atoms with van der Waals surface area (Å²) in [5, 5.41) is 2.89. The van der Waals surface area contributed by atoms with Gasteiger partial charge in [-0.2, -0.15) is 0 Å². The Morgan fingerprint density at radius 1 is 1.35 bits per heavy atom. The summed E-state index contributed by atoms with van der Waals surface area (Å²) < 4.78 is 13.2. The van der Waals surface area contributed by atoms with Gasteiger partial charge in [0.15, 0.2) is 11.5 Å². The van der Waals surface area contributed by atoms with E-state index < -0.39 is 5.82 Å². The molecule has 3 heterocycles. The van der Waals surface area contributed by atoms with Gasteiger partial charge in [0.1, 0.15) is 11.6 Å². The highest BCUT2D eigenvalue weighted by molar-refractivity contribution is 5.93. The molecular formula is C18H21FN6O. The number of halogens is 1. The van der Waals surface area contributed by atoms with Gasteiger partial charge in [-0.05, 0) is 44.2 Å². The maximum Gasteiger partial charge on any atom is 0.287 e. The number of aryl methyl sites for hydroxylation is 2. The molecule has 3 aromatic heterocycles. The van der Waals surface area contributed by atoms with Crippen LogP contribution in [0.3, 0.4) is 0 Å². The minimum absolute atomic E-state index is 0.0248. The number of H-pyrrole nitrogens is 1. The third kappa shape index (κ3) is 4.14. The highest BCUT2D eigenvalue weighted by Gasteiger charge is 2.15. The summed E-state index contributed by atoms with van der Waals surface area (Å²) in [6, 6.07) is 3.27. The van der Waals surface area contributed by atoms with Crippen LogP contribution in [0.4, 0.5) is 10.2 Å². The van der Waals surface area contributed by atoms with Crippen molar-refractivity contribution in [3.05, 3.63) is 47.3 Å². The summed E-state index contributed by atoms with van der Waals surface area (Å²) in [5.41, 5.74) is 8.53. The van der Waals surface area contributed by atoms with E-state index in [9.17, 15) is 9.18 Å². The predicted octanol–water partition coefficient (Wildman–Crippen LogP) is 2.52. The average Bonchev–Trinajstić information content (AvgIpc) is 3.01. The van der Waals surface area contributed by atoms with Crippen molar-refractivity contribution >= 4 is 22.9 Å². The number of carbonyl (C=O) groups excluding carboxylic acids is 1. The Morgan fingerprint density at radius 2 is 2.15 bits per heavy atom. The summed E-state index contributed by atoms with van der Waals surface area (Å²) >= 11 is 0. The van der Waals surface area contributed by atoms with Crippen molar-refractivity contribution in [3.63, 3.8) is 0 Å². The van der Waals surface area contributed by atoms with Gasteiger partial charge in [-0.25, -0.2) is 19.3 Å². The Morgan fingerprint density at radius 3 is 2.92 bits per heavy atom. The first-order chi connectivity index (χ1) is 12.4. The molecule has 0 spiro atoms. The van der Waals surface area contributed by atoms with E-state index in [4.69, 9.17) is 5.73 Å². The van der Waals surface area contributed by atoms with Crippen LogP contribution in [0, 0.1) is 12.7 Å². The van der Waals surface area contributed by atoms with Gasteiger partial charge < -0.3 is 16.0 Å². The monoisotopic (exact) mass is 356 g/mol. The molecule has 0 unspecified atom stereocenters. The summed E-state index contributed by atoms with van der Waals surface area (Å²) in [6.45, 7) is 3.87. The number of fused-ring (bicyclic) bond motifs is 1. The van der Waals surface area contributed by atoms with Crippen molar-refractivity contribution in [2.45, 2.75) is 39.2 Å². The van der Waals surface area contributed by atoms with Crippen molar-refractivity contribution in [3.8, 4) is 0 Å². The molecule has 3 rings (SSSR count). The van der Waals surface area contributed by atoms with Crippen LogP contribution in [-0.4, -0.2) is 31.9 Å². The zero-order chi connectivity index (χ0) is 18.7. The molecule has 8 heteroatoms. The molecule has 0 aliphatic carbocycles. The lowest BCUT2D eigenvalue weighted by atomic mass is 10.1. The number of nitrogens with one attached hydrogen (secondary N) is 2. The molecule has 136 valence electrons. The third-order valence-electron chi connectivity index (χ3n) is 4.17. The van der Waals surface area contributed by atoms with Crippen molar-refractivity contribution < 1.29 is 9.18 Å². The zero-order valence-electron chi connectivity index (χ0n) is 14.7. The number of nitrogens with two attached hydrogens (primary N) is 1. The molecule has 0 radical (unpaired) electrons. The number of rotatable bonds is 6. The third-order valence-corrected chi connectivity index (χ3v) is 4.17. The van der Waals surface area contributed by atoms with Crippen LogP contribution in [0.1, 0.15) is 41.5 Å². The molecule has 0 saturated heterocycles. The van der Waals surface area contributed by atoms with Gasteiger partial charge in [-0.3, -0.25) is 4.79 Å². The number of hydrogen-bond donors (Lipinski definition) is 3. The highest BCUT2D eigenvalue weighted by atomic mass is 19.1. The molecule has 4 N–H and O–H groups in total. The van der Waals surface area contributed by atoms with Crippen LogP contribution >= 0.6 is 0 Å². The van der Waals surface area contributed by atoms with Gasteiger partial charge in [0.05, 0.1) is 11.7 Å². The number of nitrogens with zero attached hydrogens (tertiary/aromatic N) is 3. The molecule has 0 bridgehead atoms. The van der Waals surface area contributed by atoms with Gasteiger partial charge >= 0.3 is 0 Å². The van der Waals surface area contributed by atoms with E-state index in [0.29, 0.717) is 17.0 Å². The molecule has 7 nitrogen and oxygen atoms in total. The quantitative estimate of drug-likeness (QED) is 0.629. The first-order valence-corrected chi connectivity index (χ1v) is 8.45. The van der Waals surface area contributed by atoms with E-state index in [-0.39, 0.29) is 17.8 Å². The number of anilines is 1.